The highest BCUT2D eigenvalue weighted by Crippen LogP contribution is 2.32. The maximum absolute atomic E-state index is 9.44. The standard InChI is InChI=1S/C16H23N5O2/c1-2-4-13-18-14(16(6-10-22)5-3-7-17-16)20-15(19-13)21-8-11-23-12-9-21/h3,5,7,22H,2,4,6,8-12H2,1H3. The number of aromatic nitrogens is 3. The topological polar surface area (TPSA) is 83.7 Å². The van der Waals surface area contributed by atoms with Gasteiger partial charge in [-0.05, 0) is 18.6 Å². The van der Waals surface area contributed by atoms with E-state index >= 15 is 0 Å². The van der Waals surface area contributed by atoms with Crippen molar-refractivity contribution in [1.29, 1.82) is 0 Å². The first-order valence-electron chi connectivity index (χ1n) is 8.19. The molecular formula is C16H23N5O2. The van der Waals surface area contributed by atoms with Crippen LogP contribution in [0, 0.1) is 0 Å². The fourth-order valence-electron chi connectivity index (χ4n) is 2.82. The normalized spacial score (nSPS) is 23.7. The third-order valence-electron chi connectivity index (χ3n) is 4.08. The number of aryl methyl sites for hydroxylation is 1. The molecule has 3 rings (SSSR count). The van der Waals surface area contributed by atoms with Gasteiger partial charge in [-0.15, -0.1) is 0 Å². The van der Waals surface area contributed by atoms with E-state index in [4.69, 9.17) is 4.74 Å². The monoisotopic (exact) mass is 317 g/mol. The number of hydrogen-bond acceptors (Lipinski definition) is 7. The lowest BCUT2D eigenvalue weighted by atomic mass is 9.96. The summed E-state index contributed by atoms with van der Waals surface area (Å²) < 4.78 is 5.41. The van der Waals surface area contributed by atoms with Gasteiger partial charge in [0.25, 0.3) is 0 Å². The van der Waals surface area contributed by atoms with Crippen LogP contribution in [0.15, 0.2) is 17.1 Å². The molecule has 1 atom stereocenters. The summed E-state index contributed by atoms with van der Waals surface area (Å²) in [5.74, 6) is 2.10. The lowest BCUT2D eigenvalue weighted by molar-refractivity contribution is 0.122. The molecule has 1 aromatic rings. The molecular weight excluding hydrogens is 294 g/mol. The molecule has 0 aromatic carbocycles. The van der Waals surface area contributed by atoms with Crippen molar-refractivity contribution in [1.82, 2.24) is 15.0 Å². The number of morpholine rings is 1. The van der Waals surface area contributed by atoms with Crippen LogP contribution in [-0.4, -0.2) is 59.2 Å². The molecule has 0 saturated carbocycles. The van der Waals surface area contributed by atoms with Crippen LogP contribution < -0.4 is 4.90 Å². The van der Waals surface area contributed by atoms with E-state index in [1.54, 1.807) is 6.21 Å². The molecule has 23 heavy (non-hydrogen) atoms. The second kappa shape index (κ2) is 7.14. The Morgan fingerprint density at radius 3 is 2.74 bits per heavy atom. The van der Waals surface area contributed by atoms with E-state index in [1.165, 1.54) is 0 Å². The van der Waals surface area contributed by atoms with E-state index in [0.29, 0.717) is 31.4 Å². The second-order valence-electron chi connectivity index (χ2n) is 5.76. The Morgan fingerprint density at radius 2 is 2.09 bits per heavy atom. The zero-order chi connectivity index (χ0) is 16.1. The lowest BCUT2D eigenvalue weighted by Gasteiger charge is -2.29. The van der Waals surface area contributed by atoms with Crippen molar-refractivity contribution in [2.24, 2.45) is 4.99 Å². The Kier molecular flexibility index (Phi) is 4.97. The van der Waals surface area contributed by atoms with Crippen LogP contribution in [-0.2, 0) is 16.7 Å². The second-order valence-corrected chi connectivity index (χ2v) is 5.76. The first-order valence-corrected chi connectivity index (χ1v) is 8.19. The van der Waals surface area contributed by atoms with E-state index in [-0.39, 0.29) is 6.61 Å². The fraction of sp³-hybridized carbons (Fsp3) is 0.625. The van der Waals surface area contributed by atoms with Crippen LogP contribution in [0.25, 0.3) is 0 Å². The van der Waals surface area contributed by atoms with Gasteiger partial charge >= 0.3 is 0 Å². The van der Waals surface area contributed by atoms with Crippen LogP contribution in [0.2, 0.25) is 0 Å². The summed E-state index contributed by atoms with van der Waals surface area (Å²) in [5.41, 5.74) is -0.665. The quantitative estimate of drug-likeness (QED) is 0.838. The lowest BCUT2D eigenvalue weighted by Crippen LogP contribution is -2.38. The number of hydrogen-bond donors (Lipinski definition) is 1. The summed E-state index contributed by atoms with van der Waals surface area (Å²) in [5, 5.41) is 9.44. The fourth-order valence-corrected chi connectivity index (χ4v) is 2.82. The average molecular weight is 317 g/mol. The zero-order valence-corrected chi connectivity index (χ0v) is 13.5. The van der Waals surface area contributed by atoms with Gasteiger partial charge < -0.3 is 14.7 Å². The van der Waals surface area contributed by atoms with Crippen molar-refractivity contribution < 1.29 is 9.84 Å². The Bertz CT molecular complexity index is 584. The smallest absolute Gasteiger partial charge is 0.229 e. The number of aliphatic hydroxyl groups is 1. The van der Waals surface area contributed by atoms with E-state index < -0.39 is 5.54 Å². The number of allylic oxidation sites excluding steroid dienone is 1. The van der Waals surface area contributed by atoms with Crippen LogP contribution in [0.4, 0.5) is 5.95 Å². The minimum atomic E-state index is -0.665. The summed E-state index contributed by atoms with van der Waals surface area (Å²) >= 11 is 0. The van der Waals surface area contributed by atoms with Crippen molar-refractivity contribution in [2.75, 3.05) is 37.8 Å². The van der Waals surface area contributed by atoms with Gasteiger partial charge in [-0.2, -0.15) is 9.97 Å². The summed E-state index contributed by atoms with van der Waals surface area (Å²) in [6.45, 7) is 5.06. The molecule has 1 fully saturated rings. The summed E-state index contributed by atoms with van der Waals surface area (Å²) in [6.07, 6.45) is 7.82. The Balaban J connectivity index is 1.99. The van der Waals surface area contributed by atoms with E-state index in [1.807, 2.05) is 12.2 Å². The molecule has 0 radical (unpaired) electrons. The highest BCUT2D eigenvalue weighted by atomic mass is 16.5. The first kappa shape index (κ1) is 16.0. The van der Waals surface area contributed by atoms with Gasteiger partial charge in [-0.25, -0.2) is 4.98 Å². The number of aliphatic hydroxyl groups excluding tert-OH is 1. The van der Waals surface area contributed by atoms with Crippen molar-refractivity contribution >= 4 is 12.2 Å². The van der Waals surface area contributed by atoms with Gasteiger partial charge in [-0.3, -0.25) is 4.99 Å². The molecule has 3 heterocycles. The molecule has 1 unspecified atom stereocenters. The Labute approximate surface area is 136 Å². The van der Waals surface area contributed by atoms with Crippen LogP contribution in [0.5, 0.6) is 0 Å². The zero-order valence-electron chi connectivity index (χ0n) is 13.5. The van der Waals surface area contributed by atoms with Crippen molar-refractivity contribution in [3.8, 4) is 0 Å². The van der Waals surface area contributed by atoms with E-state index in [2.05, 4.69) is 31.8 Å². The van der Waals surface area contributed by atoms with Gasteiger partial charge in [-0.1, -0.05) is 6.92 Å². The van der Waals surface area contributed by atoms with Gasteiger partial charge in [0.15, 0.2) is 5.82 Å². The first-order chi connectivity index (χ1) is 11.3. The van der Waals surface area contributed by atoms with E-state index in [0.717, 1.165) is 31.8 Å². The highest BCUT2D eigenvalue weighted by Gasteiger charge is 2.34. The number of nitrogens with zero attached hydrogens (tertiary/aromatic N) is 5. The van der Waals surface area contributed by atoms with Gasteiger partial charge in [0, 0.05) is 38.8 Å². The number of rotatable bonds is 6. The molecule has 1 aromatic heterocycles. The molecule has 0 amide bonds. The Morgan fingerprint density at radius 1 is 1.26 bits per heavy atom. The predicted octanol–water partition coefficient (Wildman–Crippen LogP) is 0.879. The third-order valence-corrected chi connectivity index (χ3v) is 4.08. The highest BCUT2D eigenvalue weighted by molar-refractivity contribution is 5.75. The average Bonchev–Trinajstić information content (AvgIpc) is 3.06. The van der Waals surface area contributed by atoms with Crippen molar-refractivity contribution in [2.45, 2.75) is 31.7 Å². The minimum absolute atomic E-state index is 0.0311. The molecule has 0 aliphatic carbocycles. The van der Waals surface area contributed by atoms with Gasteiger partial charge in [0.2, 0.25) is 5.95 Å². The predicted molar refractivity (Wildman–Crippen MR) is 87.9 cm³/mol. The Hall–Kier alpha value is -1.86. The summed E-state index contributed by atoms with van der Waals surface area (Å²) in [6, 6.07) is 0. The molecule has 7 nitrogen and oxygen atoms in total. The maximum atomic E-state index is 9.44. The molecule has 7 heteroatoms. The minimum Gasteiger partial charge on any atom is -0.396 e. The van der Waals surface area contributed by atoms with Crippen LogP contribution in [0.1, 0.15) is 31.4 Å². The molecule has 1 saturated heterocycles. The summed E-state index contributed by atoms with van der Waals surface area (Å²) in [4.78, 5) is 20.6. The SMILES string of the molecule is CCCc1nc(N2CCOCC2)nc(C2(CCO)C=CC=N2)n1. The van der Waals surface area contributed by atoms with Crippen LogP contribution in [0.3, 0.4) is 0 Å². The molecule has 0 spiro atoms. The molecule has 2 aliphatic rings. The molecule has 1 N–H and O–H groups in total. The van der Waals surface area contributed by atoms with E-state index in [9.17, 15) is 5.11 Å². The van der Waals surface area contributed by atoms with Gasteiger partial charge in [0.05, 0.1) is 13.2 Å². The summed E-state index contributed by atoms with van der Waals surface area (Å²) in [7, 11) is 0. The van der Waals surface area contributed by atoms with Crippen molar-refractivity contribution in [3.63, 3.8) is 0 Å². The number of ether oxygens (including phenoxy) is 1. The maximum Gasteiger partial charge on any atom is 0.229 e. The van der Waals surface area contributed by atoms with Crippen LogP contribution >= 0.6 is 0 Å². The molecule has 124 valence electrons. The number of aliphatic imine (C=N–C) groups is 1. The third kappa shape index (κ3) is 3.40. The molecule has 0 bridgehead atoms. The van der Waals surface area contributed by atoms with Crippen molar-refractivity contribution in [3.05, 3.63) is 23.8 Å². The van der Waals surface area contributed by atoms with Gasteiger partial charge in [0.1, 0.15) is 11.4 Å². The largest absolute Gasteiger partial charge is 0.396 e. The number of anilines is 1. The molecule has 2 aliphatic heterocycles.